The Balaban J connectivity index is 0. The van der Waals surface area contributed by atoms with Gasteiger partial charge in [0.1, 0.15) is 0 Å². The summed E-state index contributed by atoms with van der Waals surface area (Å²) in [5, 5.41) is 1.24. The zero-order chi connectivity index (χ0) is 5.11. The quantitative estimate of drug-likeness (QED) is 0.486. The summed E-state index contributed by atoms with van der Waals surface area (Å²) in [6.07, 6.45) is 0. The molecule has 0 nitrogen and oxygen atoms in total. The van der Waals surface area contributed by atoms with Crippen LogP contribution in [0.5, 0.6) is 0 Å². The first-order valence-electron chi connectivity index (χ1n) is 2.20. The average Bonchev–Trinajstić information content (AvgIpc) is 1.69. The van der Waals surface area contributed by atoms with Gasteiger partial charge in [-0.15, -0.1) is 21.6 Å². The summed E-state index contributed by atoms with van der Waals surface area (Å²) in [7, 11) is 2.63. The van der Waals surface area contributed by atoms with Gasteiger partial charge in [-0.3, -0.25) is 0 Å². The van der Waals surface area contributed by atoms with Crippen LogP contribution in [0.15, 0.2) is 30.3 Å². The number of hydrogen-bond acceptors (Lipinski definition) is 0. The van der Waals surface area contributed by atoms with Crippen LogP contribution in [0.25, 0.3) is 0 Å². The maximum absolute atomic E-state index is 2.63. The summed E-state index contributed by atoms with van der Waals surface area (Å²) in [6, 6.07) is 10.1. The molecule has 1 aromatic rings. The van der Waals surface area contributed by atoms with E-state index in [0.29, 0.717) is 0 Å². The first kappa shape index (κ1) is 12.3. The maximum atomic E-state index is 2.63. The number of benzene rings is 1. The first-order valence-corrected chi connectivity index (χ1v) is 2.78. The average molecular weight is 253 g/mol. The number of rotatable bonds is 0. The number of halogens is 1. The predicted molar refractivity (Wildman–Crippen MR) is 43.0 cm³/mol. The van der Waals surface area contributed by atoms with E-state index in [1.807, 2.05) is 30.3 Å². The molecule has 0 radical (unpaired) electrons. The predicted octanol–water partition coefficient (Wildman–Crippen LogP) is 1.61. The Kier molecular flexibility index (Phi) is 9.18. The molecule has 0 aliphatic rings. The molecular formula is C6H8ClPPd. The molecule has 1 aromatic carbocycles. The SMILES string of the molecule is Cl.Pc1ccccc1.[Pd]. The fraction of sp³-hybridized carbons (Fsp3) is 0. The van der Waals surface area contributed by atoms with E-state index in [1.54, 1.807) is 0 Å². The van der Waals surface area contributed by atoms with Gasteiger partial charge in [-0.25, -0.2) is 0 Å². The Labute approximate surface area is 77.7 Å². The van der Waals surface area contributed by atoms with Crippen LogP contribution in [0.1, 0.15) is 0 Å². The van der Waals surface area contributed by atoms with Crippen molar-refractivity contribution in [3.63, 3.8) is 0 Å². The largest absolute Gasteiger partial charge is 0.147 e. The van der Waals surface area contributed by atoms with Crippen molar-refractivity contribution >= 4 is 27.0 Å². The monoisotopic (exact) mass is 252 g/mol. The summed E-state index contributed by atoms with van der Waals surface area (Å²) in [6.45, 7) is 0. The van der Waals surface area contributed by atoms with Crippen LogP contribution in [-0.2, 0) is 20.4 Å². The van der Waals surface area contributed by atoms with Crippen molar-refractivity contribution in [3.05, 3.63) is 30.3 Å². The fourth-order valence-corrected chi connectivity index (χ4v) is 0.675. The first-order chi connectivity index (χ1) is 3.39. The Bertz CT molecular complexity index is 143. The van der Waals surface area contributed by atoms with Crippen LogP contribution in [-0.4, -0.2) is 0 Å². The third-order valence-electron chi connectivity index (χ3n) is 0.800. The zero-order valence-corrected chi connectivity index (χ0v) is 8.21. The molecule has 0 spiro atoms. The van der Waals surface area contributed by atoms with Crippen molar-refractivity contribution in [2.24, 2.45) is 0 Å². The molecule has 0 aliphatic heterocycles. The molecular weight excluding hydrogens is 245 g/mol. The second-order valence-corrected chi connectivity index (χ2v) is 2.08. The molecule has 3 heteroatoms. The molecule has 9 heavy (non-hydrogen) atoms. The van der Waals surface area contributed by atoms with Crippen molar-refractivity contribution < 1.29 is 20.4 Å². The molecule has 0 bridgehead atoms. The molecule has 1 rings (SSSR count). The number of hydrogen-bond donors (Lipinski definition) is 0. The molecule has 0 amide bonds. The minimum Gasteiger partial charge on any atom is -0.147 e. The van der Waals surface area contributed by atoms with E-state index < -0.39 is 0 Å². The van der Waals surface area contributed by atoms with Gasteiger partial charge in [0, 0.05) is 20.4 Å². The van der Waals surface area contributed by atoms with Gasteiger partial charge in [0.25, 0.3) is 0 Å². The van der Waals surface area contributed by atoms with E-state index >= 15 is 0 Å². The normalized spacial score (nSPS) is 6.78. The molecule has 0 fully saturated rings. The van der Waals surface area contributed by atoms with Gasteiger partial charge >= 0.3 is 0 Å². The van der Waals surface area contributed by atoms with Gasteiger partial charge in [-0.1, -0.05) is 30.3 Å². The molecule has 1 unspecified atom stereocenters. The van der Waals surface area contributed by atoms with Crippen LogP contribution in [0.4, 0.5) is 0 Å². The second-order valence-electron chi connectivity index (χ2n) is 1.41. The molecule has 0 saturated heterocycles. The van der Waals surface area contributed by atoms with Crippen LogP contribution in [0.2, 0.25) is 0 Å². The minimum atomic E-state index is 0. The van der Waals surface area contributed by atoms with Crippen molar-refractivity contribution in [1.82, 2.24) is 0 Å². The van der Waals surface area contributed by atoms with E-state index in [2.05, 4.69) is 9.24 Å². The summed E-state index contributed by atoms with van der Waals surface area (Å²) in [5.41, 5.74) is 0. The molecule has 54 valence electrons. The topological polar surface area (TPSA) is 0 Å². The van der Waals surface area contributed by atoms with E-state index in [1.165, 1.54) is 5.30 Å². The van der Waals surface area contributed by atoms with Crippen LogP contribution >= 0.6 is 21.6 Å². The van der Waals surface area contributed by atoms with Gasteiger partial charge < -0.3 is 0 Å². The third kappa shape index (κ3) is 5.07. The summed E-state index contributed by atoms with van der Waals surface area (Å²) >= 11 is 0. The fourth-order valence-electron chi connectivity index (χ4n) is 0.453. The molecule has 0 heterocycles. The van der Waals surface area contributed by atoms with E-state index in [0.717, 1.165) is 0 Å². The molecule has 0 N–H and O–H groups in total. The van der Waals surface area contributed by atoms with Gasteiger partial charge in [0.15, 0.2) is 0 Å². The Morgan fingerprint density at radius 2 is 1.44 bits per heavy atom. The van der Waals surface area contributed by atoms with E-state index in [4.69, 9.17) is 0 Å². The maximum Gasteiger partial charge on any atom is 0 e. The molecule has 0 saturated carbocycles. The van der Waals surface area contributed by atoms with Gasteiger partial charge in [0.05, 0.1) is 0 Å². The van der Waals surface area contributed by atoms with Crippen LogP contribution < -0.4 is 5.30 Å². The summed E-state index contributed by atoms with van der Waals surface area (Å²) < 4.78 is 0. The van der Waals surface area contributed by atoms with Crippen molar-refractivity contribution in [2.75, 3.05) is 0 Å². The Hall–Kier alpha value is 0.602. The van der Waals surface area contributed by atoms with Crippen molar-refractivity contribution in [3.8, 4) is 0 Å². The zero-order valence-electron chi connectivity index (χ0n) is 4.69. The smallest absolute Gasteiger partial charge is 0 e. The van der Waals surface area contributed by atoms with Crippen LogP contribution in [0, 0.1) is 0 Å². The van der Waals surface area contributed by atoms with Crippen molar-refractivity contribution in [2.45, 2.75) is 0 Å². The second kappa shape index (κ2) is 6.72. The van der Waals surface area contributed by atoms with Gasteiger partial charge in [-0.05, 0) is 5.30 Å². The van der Waals surface area contributed by atoms with Crippen molar-refractivity contribution in [1.29, 1.82) is 0 Å². The molecule has 0 aliphatic carbocycles. The Morgan fingerprint density at radius 3 is 1.67 bits per heavy atom. The summed E-state index contributed by atoms with van der Waals surface area (Å²) in [5.74, 6) is 0. The van der Waals surface area contributed by atoms with Gasteiger partial charge in [0.2, 0.25) is 0 Å². The van der Waals surface area contributed by atoms with E-state index in [9.17, 15) is 0 Å². The molecule has 1 atom stereocenters. The van der Waals surface area contributed by atoms with Crippen LogP contribution in [0.3, 0.4) is 0 Å². The standard InChI is InChI=1S/C6H7P.ClH.Pd/c7-6-4-2-1-3-5-6;;/h1-5H,7H2;1H;. The molecule has 0 aromatic heterocycles. The Morgan fingerprint density at radius 1 is 1.00 bits per heavy atom. The summed E-state index contributed by atoms with van der Waals surface area (Å²) in [4.78, 5) is 0. The third-order valence-corrected chi connectivity index (χ3v) is 1.18. The van der Waals surface area contributed by atoms with Gasteiger partial charge in [-0.2, -0.15) is 0 Å². The minimum absolute atomic E-state index is 0. The van der Waals surface area contributed by atoms with E-state index in [-0.39, 0.29) is 32.8 Å².